The monoisotopic (exact) mass is 244 g/mol. The highest BCUT2D eigenvalue weighted by atomic mass is 32.2. The van der Waals surface area contributed by atoms with Crippen LogP contribution in [0.5, 0.6) is 0 Å². The Hall–Kier alpha value is -0.260. The van der Waals surface area contributed by atoms with Crippen molar-refractivity contribution < 1.29 is 9.53 Å². The number of nitrogens with one attached hydrogen (secondary N) is 1. The van der Waals surface area contributed by atoms with Crippen molar-refractivity contribution in [3.63, 3.8) is 0 Å². The molecule has 2 aliphatic rings. The Kier molecular flexibility index (Phi) is 4.10. The van der Waals surface area contributed by atoms with Crippen LogP contribution in [-0.2, 0) is 9.53 Å². The fourth-order valence-corrected chi connectivity index (χ4v) is 3.53. The van der Waals surface area contributed by atoms with Crippen LogP contribution in [0.2, 0.25) is 0 Å². The smallest absolute Gasteiger partial charge is 0.237 e. The molecule has 0 saturated carbocycles. The summed E-state index contributed by atoms with van der Waals surface area (Å²) in [6, 6.07) is 0. The van der Waals surface area contributed by atoms with E-state index in [2.05, 4.69) is 5.32 Å². The Morgan fingerprint density at radius 1 is 1.50 bits per heavy atom. The van der Waals surface area contributed by atoms with Crippen LogP contribution in [0.3, 0.4) is 0 Å². The van der Waals surface area contributed by atoms with Crippen molar-refractivity contribution in [2.75, 3.05) is 24.7 Å². The summed E-state index contributed by atoms with van der Waals surface area (Å²) in [5.74, 6) is 1.83. The molecule has 4 nitrogen and oxygen atoms in total. The van der Waals surface area contributed by atoms with Crippen molar-refractivity contribution in [1.82, 2.24) is 5.32 Å². The number of carbonyl (C=O) groups excluding carboxylic acids is 1. The zero-order valence-corrected chi connectivity index (χ0v) is 10.4. The van der Waals surface area contributed by atoms with Gasteiger partial charge in [-0.05, 0) is 37.2 Å². The molecule has 16 heavy (non-hydrogen) atoms. The number of rotatable bonds is 4. The SMILES string of the molecule is NC(=O)C1(NCC2CCCO2)CCSCC1. The summed E-state index contributed by atoms with van der Waals surface area (Å²) >= 11 is 1.89. The van der Waals surface area contributed by atoms with Gasteiger partial charge in [0.05, 0.1) is 11.6 Å². The highest BCUT2D eigenvalue weighted by Crippen LogP contribution is 2.27. The Bertz CT molecular complexity index is 248. The first-order valence-electron chi connectivity index (χ1n) is 5.97. The van der Waals surface area contributed by atoms with Crippen molar-refractivity contribution in [2.45, 2.75) is 37.3 Å². The van der Waals surface area contributed by atoms with Gasteiger partial charge in [-0.15, -0.1) is 0 Å². The second kappa shape index (κ2) is 5.38. The van der Waals surface area contributed by atoms with Gasteiger partial charge < -0.3 is 15.8 Å². The number of carbonyl (C=O) groups is 1. The van der Waals surface area contributed by atoms with E-state index in [4.69, 9.17) is 10.5 Å². The van der Waals surface area contributed by atoms with Gasteiger partial charge in [0, 0.05) is 13.2 Å². The first-order valence-corrected chi connectivity index (χ1v) is 7.13. The molecule has 2 fully saturated rings. The van der Waals surface area contributed by atoms with Crippen LogP contribution in [0.4, 0.5) is 0 Å². The molecule has 2 rings (SSSR count). The normalized spacial score (nSPS) is 29.1. The van der Waals surface area contributed by atoms with E-state index in [-0.39, 0.29) is 12.0 Å². The van der Waals surface area contributed by atoms with Crippen molar-refractivity contribution in [1.29, 1.82) is 0 Å². The lowest BCUT2D eigenvalue weighted by molar-refractivity contribution is -0.125. The van der Waals surface area contributed by atoms with Gasteiger partial charge in [0.25, 0.3) is 0 Å². The zero-order valence-electron chi connectivity index (χ0n) is 9.54. The van der Waals surface area contributed by atoms with E-state index in [1.54, 1.807) is 0 Å². The maximum absolute atomic E-state index is 11.6. The standard InChI is InChI=1S/C11H20N2O2S/c12-10(14)11(3-6-16-7-4-11)13-8-9-2-1-5-15-9/h9,13H,1-8H2,(H2,12,14). The molecule has 2 aliphatic heterocycles. The lowest BCUT2D eigenvalue weighted by atomic mass is 9.91. The maximum atomic E-state index is 11.6. The van der Waals surface area contributed by atoms with Crippen LogP contribution >= 0.6 is 11.8 Å². The largest absolute Gasteiger partial charge is 0.377 e. The van der Waals surface area contributed by atoms with Crippen LogP contribution in [0.25, 0.3) is 0 Å². The molecule has 0 aromatic carbocycles. The number of amides is 1. The van der Waals surface area contributed by atoms with E-state index in [1.165, 1.54) is 0 Å². The quantitative estimate of drug-likeness (QED) is 0.756. The summed E-state index contributed by atoms with van der Waals surface area (Å²) in [5.41, 5.74) is 5.06. The average Bonchev–Trinajstić information content (AvgIpc) is 2.80. The third-order valence-electron chi connectivity index (χ3n) is 3.51. The van der Waals surface area contributed by atoms with E-state index < -0.39 is 5.54 Å². The topological polar surface area (TPSA) is 64.4 Å². The Balaban J connectivity index is 1.88. The number of thioether (sulfide) groups is 1. The van der Waals surface area contributed by atoms with Gasteiger partial charge in [-0.2, -0.15) is 11.8 Å². The lowest BCUT2D eigenvalue weighted by Crippen LogP contribution is -2.58. The molecule has 0 bridgehead atoms. The van der Waals surface area contributed by atoms with E-state index in [9.17, 15) is 4.79 Å². The molecular formula is C11H20N2O2S. The molecular weight excluding hydrogens is 224 g/mol. The van der Waals surface area contributed by atoms with Crippen molar-refractivity contribution >= 4 is 17.7 Å². The van der Waals surface area contributed by atoms with E-state index in [1.807, 2.05) is 11.8 Å². The minimum Gasteiger partial charge on any atom is -0.377 e. The number of primary amides is 1. The summed E-state index contributed by atoms with van der Waals surface area (Å²) in [7, 11) is 0. The molecule has 92 valence electrons. The molecule has 1 amide bonds. The van der Waals surface area contributed by atoms with Gasteiger partial charge in [0.1, 0.15) is 0 Å². The molecule has 0 aromatic heterocycles. The molecule has 2 saturated heterocycles. The summed E-state index contributed by atoms with van der Waals surface area (Å²) in [4.78, 5) is 11.6. The highest BCUT2D eigenvalue weighted by molar-refractivity contribution is 7.99. The fraction of sp³-hybridized carbons (Fsp3) is 0.909. The summed E-state index contributed by atoms with van der Waals surface area (Å²) in [5, 5.41) is 3.36. The fourth-order valence-electron chi connectivity index (χ4n) is 2.34. The van der Waals surface area contributed by atoms with E-state index in [0.29, 0.717) is 0 Å². The van der Waals surface area contributed by atoms with Crippen LogP contribution in [0, 0.1) is 0 Å². The maximum Gasteiger partial charge on any atom is 0.237 e. The number of ether oxygens (including phenoxy) is 1. The molecule has 0 aromatic rings. The van der Waals surface area contributed by atoms with Crippen LogP contribution < -0.4 is 11.1 Å². The first kappa shape index (κ1) is 12.2. The Morgan fingerprint density at radius 3 is 2.81 bits per heavy atom. The molecule has 1 atom stereocenters. The molecule has 2 heterocycles. The summed E-state index contributed by atoms with van der Waals surface area (Å²) in [6.07, 6.45) is 4.19. The molecule has 0 spiro atoms. The van der Waals surface area contributed by atoms with Crippen molar-refractivity contribution in [3.8, 4) is 0 Å². The van der Waals surface area contributed by atoms with E-state index >= 15 is 0 Å². The number of hydrogen-bond donors (Lipinski definition) is 2. The lowest BCUT2D eigenvalue weighted by Gasteiger charge is -2.35. The second-order valence-corrected chi connectivity index (χ2v) is 5.80. The molecule has 5 heteroatoms. The molecule has 0 radical (unpaired) electrons. The number of nitrogens with two attached hydrogens (primary N) is 1. The van der Waals surface area contributed by atoms with Gasteiger partial charge in [-0.1, -0.05) is 0 Å². The summed E-state index contributed by atoms with van der Waals surface area (Å²) < 4.78 is 5.55. The predicted octanol–water partition coefficient (Wildman–Crippen LogP) is 0.506. The first-order chi connectivity index (χ1) is 7.73. The minimum absolute atomic E-state index is 0.203. The van der Waals surface area contributed by atoms with Gasteiger partial charge in [-0.25, -0.2) is 0 Å². The van der Waals surface area contributed by atoms with E-state index in [0.717, 1.165) is 50.3 Å². The third kappa shape index (κ3) is 2.70. The van der Waals surface area contributed by atoms with Crippen molar-refractivity contribution in [3.05, 3.63) is 0 Å². The Labute approximate surface area is 101 Å². The third-order valence-corrected chi connectivity index (χ3v) is 4.50. The van der Waals surface area contributed by atoms with Crippen LogP contribution in [0.1, 0.15) is 25.7 Å². The Morgan fingerprint density at radius 2 is 2.25 bits per heavy atom. The molecule has 3 N–H and O–H groups in total. The molecule has 0 aliphatic carbocycles. The molecule has 1 unspecified atom stereocenters. The predicted molar refractivity (Wildman–Crippen MR) is 65.5 cm³/mol. The van der Waals surface area contributed by atoms with Crippen molar-refractivity contribution in [2.24, 2.45) is 5.73 Å². The van der Waals surface area contributed by atoms with Gasteiger partial charge in [0.2, 0.25) is 5.91 Å². The van der Waals surface area contributed by atoms with Gasteiger partial charge in [0.15, 0.2) is 0 Å². The minimum atomic E-state index is -0.475. The zero-order chi connectivity index (χ0) is 11.4. The number of hydrogen-bond acceptors (Lipinski definition) is 4. The average molecular weight is 244 g/mol. The van der Waals surface area contributed by atoms with Crippen LogP contribution in [0.15, 0.2) is 0 Å². The van der Waals surface area contributed by atoms with Gasteiger partial charge in [-0.3, -0.25) is 4.79 Å². The highest BCUT2D eigenvalue weighted by Gasteiger charge is 2.38. The van der Waals surface area contributed by atoms with Crippen LogP contribution in [-0.4, -0.2) is 42.2 Å². The second-order valence-electron chi connectivity index (χ2n) is 4.57. The van der Waals surface area contributed by atoms with Gasteiger partial charge >= 0.3 is 0 Å². The summed E-state index contributed by atoms with van der Waals surface area (Å²) in [6.45, 7) is 1.61.